The predicted molar refractivity (Wildman–Crippen MR) is 107 cm³/mol. The Hall–Kier alpha value is -2.27. The van der Waals surface area contributed by atoms with E-state index in [0.29, 0.717) is 17.4 Å². The SMILES string of the molecule is C=C[C@H]1O[C@]1(C)CC(C)/C(C)=C/C=C(C)\C=C(OC)\C(=C\C(=O)OC)OC. The molecule has 27 heavy (non-hydrogen) atoms. The minimum Gasteiger partial charge on any atom is -0.493 e. The van der Waals surface area contributed by atoms with Gasteiger partial charge in [-0.25, -0.2) is 4.79 Å². The summed E-state index contributed by atoms with van der Waals surface area (Å²) < 4.78 is 20.9. The quantitative estimate of drug-likeness (QED) is 0.140. The molecular weight excluding hydrogens is 344 g/mol. The zero-order chi connectivity index (χ0) is 20.6. The van der Waals surface area contributed by atoms with Gasteiger partial charge in [-0.2, -0.15) is 0 Å². The molecule has 0 aromatic carbocycles. The van der Waals surface area contributed by atoms with Gasteiger partial charge in [-0.3, -0.25) is 0 Å². The van der Waals surface area contributed by atoms with Gasteiger partial charge in [-0.1, -0.05) is 30.7 Å². The van der Waals surface area contributed by atoms with Gasteiger partial charge >= 0.3 is 5.97 Å². The number of esters is 1. The molecule has 0 radical (unpaired) electrons. The van der Waals surface area contributed by atoms with Gasteiger partial charge in [0, 0.05) is 0 Å². The second kappa shape index (κ2) is 10.2. The van der Waals surface area contributed by atoms with E-state index >= 15 is 0 Å². The fraction of sp³-hybridized carbons (Fsp3) is 0.500. The molecular formula is C22H32O5. The van der Waals surface area contributed by atoms with Gasteiger partial charge in [0.2, 0.25) is 0 Å². The van der Waals surface area contributed by atoms with E-state index in [9.17, 15) is 4.79 Å². The molecule has 0 spiro atoms. The van der Waals surface area contributed by atoms with Crippen LogP contribution in [0.1, 0.15) is 34.1 Å². The summed E-state index contributed by atoms with van der Waals surface area (Å²) in [6.45, 7) is 12.2. The fourth-order valence-corrected chi connectivity index (χ4v) is 2.80. The lowest BCUT2D eigenvalue weighted by Gasteiger charge is -2.15. The van der Waals surface area contributed by atoms with Gasteiger partial charge in [-0.15, -0.1) is 6.58 Å². The van der Waals surface area contributed by atoms with Crippen molar-refractivity contribution in [3.8, 4) is 0 Å². The van der Waals surface area contributed by atoms with Gasteiger partial charge in [0.25, 0.3) is 0 Å². The molecule has 0 amide bonds. The van der Waals surface area contributed by atoms with Crippen LogP contribution in [0.25, 0.3) is 0 Å². The molecule has 1 saturated heterocycles. The first-order chi connectivity index (χ1) is 12.7. The van der Waals surface area contributed by atoms with Gasteiger partial charge in [0.05, 0.1) is 33.0 Å². The maximum Gasteiger partial charge on any atom is 0.334 e. The molecule has 150 valence electrons. The van der Waals surface area contributed by atoms with Crippen LogP contribution in [0.15, 0.2) is 59.6 Å². The lowest BCUT2D eigenvalue weighted by molar-refractivity contribution is -0.135. The third-order valence-corrected chi connectivity index (χ3v) is 4.74. The van der Waals surface area contributed by atoms with Crippen LogP contribution in [0.2, 0.25) is 0 Å². The summed E-state index contributed by atoms with van der Waals surface area (Å²) in [6.07, 6.45) is 10.1. The number of hydrogen-bond donors (Lipinski definition) is 0. The van der Waals surface area contributed by atoms with Crippen molar-refractivity contribution in [2.45, 2.75) is 45.8 Å². The number of rotatable bonds is 10. The Balaban J connectivity index is 2.87. The van der Waals surface area contributed by atoms with Crippen molar-refractivity contribution in [2.75, 3.05) is 21.3 Å². The molecule has 1 heterocycles. The average molecular weight is 376 g/mol. The van der Waals surface area contributed by atoms with Crippen molar-refractivity contribution in [1.82, 2.24) is 0 Å². The molecule has 0 aromatic heterocycles. The molecule has 5 nitrogen and oxygen atoms in total. The van der Waals surface area contributed by atoms with E-state index in [1.54, 1.807) is 0 Å². The van der Waals surface area contributed by atoms with E-state index in [4.69, 9.17) is 14.2 Å². The Morgan fingerprint density at radius 3 is 2.19 bits per heavy atom. The van der Waals surface area contributed by atoms with E-state index in [-0.39, 0.29) is 11.7 Å². The van der Waals surface area contributed by atoms with E-state index in [0.717, 1.165) is 12.0 Å². The molecule has 0 saturated carbocycles. The summed E-state index contributed by atoms with van der Waals surface area (Å²) in [5, 5.41) is 0. The molecule has 1 aliphatic rings. The predicted octanol–water partition coefficient (Wildman–Crippen LogP) is 4.48. The van der Waals surface area contributed by atoms with Crippen molar-refractivity contribution in [3.05, 3.63) is 59.6 Å². The van der Waals surface area contributed by atoms with E-state index in [1.165, 1.54) is 33.0 Å². The highest BCUT2D eigenvalue weighted by Gasteiger charge is 2.50. The van der Waals surface area contributed by atoms with Crippen molar-refractivity contribution in [2.24, 2.45) is 5.92 Å². The van der Waals surface area contributed by atoms with E-state index in [1.807, 2.05) is 25.2 Å². The minimum absolute atomic E-state index is 0.0931. The van der Waals surface area contributed by atoms with Crippen LogP contribution in [0.5, 0.6) is 0 Å². The van der Waals surface area contributed by atoms with Gasteiger partial charge in [0.15, 0.2) is 11.5 Å². The second-order valence-electron chi connectivity index (χ2n) is 6.96. The molecule has 1 rings (SSSR count). The van der Waals surface area contributed by atoms with Crippen LogP contribution >= 0.6 is 0 Å². The van der Waals surface area contributed by atoms with Crippen molar-refractivity contribution in [3.63, 3.8) is 0 Å². The third-order valence-electron chi connectivity index (χ3n) is 4.74. The van der Waals surface area contributed by atoms with Crippen LogP contribution < -0.4 is 0 Å². The largest absolute Gasteiger partial charge is 0.493 e. The zero-order valence-corrected chi connectivity index (χ0v) is 17.5. The van der Waals surface area contributed by atoms with Gasteiger partial charge in [0.1, 0.15) is 6.10 Å². The summed E-state index contributed by atoms with van der Waals surface area (Å²) in [4.78, 5) is 11.4. The third kappa shape index (κ3) is 6.75. The highest BCUT2D eigenvalue weighted by atomic mass is 16.6. The van der Waals surface area contributed by atoms with E-state index in [2.05, 4.69) is 38.2 Å². The highest BCUT2D eigenvalue weighted by molar-refractivity contribution is 5.83. The Bertz CT molecular complexity index is 668. The second-order valence-corrected chi connectivity index (χ2v) is 6.96. The zero-order valence-electron chi connectivity index (χ0n) is 17.5. The molecule has 0 bridgehead atoms. The smallest absolute Gasteiger partial charge is 0.334 e. The number of carbonyl (C=O) groups is 1. The Morgan fingerprint density at radius 2 is 1.70 bits per heavy atom. The number of carbonyl (C=O) groups excluding carboxylic acids is 1. The molecule has 5 heteroatoms. The maximum atomic E-state index is 11.4. The van der Waals surface area contributed by atoms with Gasteiger partial charge < -0.3 is 18.9 Å². The molecule has 1 aliphatic heterocycles. The lowest BCUT2D eigenvalue weighted by Crippen LogP contribution is -2.14. The molecule has 3 atom stereocenters. The first kappa shape index (κ1) is 22.8. The topological polar surface area (TPSA) is 57.3 Å². The highest BCUT2D eigenvalue weighted by Crippen LogP contribution is 2.43. The fourth-order valence-electron chi connectivity index (χ4n) is 2.80. The summed E-state index contributed by atoms with van der Waals surface area (Å²) in [5.74, 6) is 0.641. The summed E-state index contributed by atoms with van der Waals surface area (Å²) >= 11 is 0. The number of epoxide rings is 1. The van der Waals surface area contributed by atoms with Crippen LogP contribution in [-0.4, -0.2) is 39.0 Å². The number of methoxy groups -OCH3 is 3. The Morgan fingerprint density at radius 1 is 1.11 bits per heavy atom. The number of ether oxygens (including phenoxy) is 4. The summed E-state index contributed by atoms with van der Waals surface area (Å²) in [7, 11) is 4.31. The van der Waals surface area contributed by atoms with Gasteiger partial charge in [-0.05, 0) is 44.8 Å². The van der Waals surface area contributed by atoms with E-state index < -0.39 is 5.97 Å². The van der Waals surface area contributed by atoms with Crippen LogP contribution in [0.3, 0.4) is 0 Å². The molecule has 1 unspecified atom stereocenters. The summed E-state index contributed by atoms with van der Waals surface area (Å²) in [6, 6.07) is 0. The molecule has 0 N–H and O–H groups in total. The normalized spacial score (nSPS) is 24.9. The summed E-state index contributed by atoms with van der Waals surface area (Å²) in [5.41, 5.74) is 2.13. The van der Waals surface area contributed by atoms with Crippen molar-refractivity contribution >= 4 is 5.97 Å². The first-order valence-electron chi connectivity index (χ1n) is 8.95. The van der Waals surface area contributed by atoms with Crippen LogP contribution in [0, 0.1) is 5.92 Å². The van der Waals surface area contributed by atoms with Crippen molar-refractivity contribution < 1.29 is 23.7 Å². The monoisotopic (exact) mass is 376 g/mol. The standard InChI is InChI=1S/C22H32O5/c1-9-20-22(5,27-20)14-17(4)16(3)11-10-15(2)12-18(24-6)19(25-7)13-21(23)26-8/h9-13,17,20H,1,14H2,2-8H3/b15-10-,16-11+,18-12-,19-13-/t17?,20-,22-/m1/s1. The Kier molecular flexibility index (Phi) is 8.57. The average Bonchev–Trinajstić information content (AvgIpc) is 3.31. The van der Waals surface area contributed by atoms with Crippen LogP contribution in [-0.2, 0) is 23.7 Å². The first-order valence-corrected chi connectivity index (χ1v) is 8.95. The van der Waals surface area contributed by atoms with Crippen LogP contribution in [0.4, 0.5) is 0 Å². The molecule has 1 fully saturated rings. The molecule has 0 aromatic rings. The lowest BCUT2D eigenvalue weighted by atomic mass is 9.89. The minimum atomic E-state index is -0.505. The number of allylic oxidation sites excluding steroid dienone is 5. The number of hydrogen-bond acceptors (Lipinski definition) is 5. The van der Waals surface area contributed by atoms with Crippen molar-refractivity contribution in [1.29, 1.82) is 0 Å². The molecule has 0 aliphatic carbocycles. The Labute approximate surface area is 163 Å². The maximum absolute atomic E-state index is 11.4.